The van der Waals surface area contributed by atoms with Crippen molar-refractivity contribution in [2.24, 2.45) is 0 Å². The van der Waals surface area contributed by atoms with E-state index >= 15 is 0 Å². The average molecular weight is 1810 g/mol. The van der Waals surface area contributed by atoms with Crippen LogP contribution >= 0.6 is 0 Å². The van der Waals surface area contributed by atoms with Gasteiger partial charge in [0.15, 0.2) is 0 Å². The number of aryl methyl sites for hydroxylation is 1. The summed E-state index contributed by atoms with van der Waals surface area (Å²) in [5.74, 6) is 0. The van der Waals surface area contributed by atoms with Crippen LogP contribution in [0.25, 0.3) is 156 Å². The molecule has 0 nitrogen and oxygen atoms in total. The summed E-state index contributed by atoms with van der Waals surface area (Å²) in [4.78, 5) is 0. The maximum absolute atomic E-state index is 2.65. The Hall–Kier alpha value is -13.3. The average Bonchev–Trinajstić information content (AvgIpc) is 1.51. The molecule has 19 rings (SSSR count). The van der Waals surface area contributed by atoms with Crippen LogP contribution in [0, 0.1) is 6.92 Å². The maximum atomic E-state index is 2.65. The molecule has 0 saturated carbocycles. The second-order valence-corrected chi connectivity index (χ2v) is 49.3. The standard InChI is InChI=1S/C139H140/c1-87-32-65-125-123(68-87)129-127(67-66-126-128(129)122-30-28-29-31-124(122)138(126,26)27)139(125,120-83-108(104-73-96(88-33-49-112(50-34-88)130(2,3)4)69-97(74-104)89-35-51-113(52-36-89)131(5,6)7)81-109(84-120)105-75-98(90-37-53-114(54-38-90)132(8,9)10)70-99(76-105)91-39-55-115(56-40-91)133(11,12)13)121-85-110(106-77-100(92-41-57-116(58-42-92)134(14,15)16)71-101(78-106)93-43-59-117(60-44-93)135(17,18)19)82-111(86-121)107-79-102(94-45-61-118(62-46-94)136(20,21)22)72-103(80-107)95-47-63-119(64-48-95)137(23,24)25/h28-86H,1-27H3. The van der Waals surface area contributed by atoms with Gasteiger partial charge in [0.2, 0.25) is 0 Å². The number of fused-ring (bicyclic) bond motifs is 7. The van der Waals surface area contributed by atoms with E-state index in [1.807, 2.05) is 0 Å². The van der Waals surface area contributed by atoms with Gasteiger partial charge in [-0.2, -0.15) is 0 Å². The van der Waals surface area contributed by atoms with Crippen molar-refractivity contribution in [1.82, 2.24) is 0 Å². The molecule has 0 heterocycles. The van der Waals surface area contributed by atoms with E-state index in [0.29, 0.717) is 0 Å². The van der Waals surface area contributed by atoms with E-state index in [9.17, 15) is 0 Å². The Morgan fingerprint density at radius 2 is 0.331 bits per heavy atom. The van der Waals surface area contributed by atoms with Gasteiger partial charge in [-0.05, 0) is 393 Å². The van der Waals surface area contributed by atoms with Crippen molar-refractivity contribution in [2.45, 2.75) is 241 Å². The van der Waals surface area contributed by atoms with Crippen molar-refractivity contribution in [3.05, 3.63) is 441 Å². The molecular weight excluding hydrogens is 1670 g/mol. The highest BCUT2D eigenvalue weighted by molar-refractivity contribution is 6.02. The molecule has 0 N–H and O–H groups in total. The molecule has 139 heavy (non-hydrogen) atoms. The second kappa shape index (κ2) is 34.7. The summed E-state index contributed by atoms with van der Waals surface area (Å²) in [5.41, 5.74) is 50.3. The summed E-state index contributed by atoms with van der Waals surface area (Å²) in [6, 6.07) is 143. The fourth-order valence-corrected chi connectivity index (χ4v) is 21.7. The number of benzene rings is 17. The molecule has 2 aliphatic carbocycles. The van der Waals surface area contributed by atoms with Crippen LogP contribution < -0.4 is 0 Å². The zero-order valence-electron chi connectivity index (χ0n) is 87.6. The Labute approximate surface area is 832 Å². The molecule has 0 spiro atoms. The van der Waals surface area contributed by atoms with Gasteiger partial charge in [0.25, 0.3) is 0 Å². The Bertz CT molecular complexity index is 6520. The molecule has 696 valence electrons. The predicted octanol–water partition coefficient (Wildman–Crippen LogP) is 39.0. The van der Waals surface area contributed by atoms with E-state index in [1.54, 1.807) is 0 Å². The first kappa shape index (κ1) is 94.7. The first-order chi connectivity index (χ1) is 65.5. The Kier molecular flexibility index (Phi) is 23.6. The Balaban J connectivity index is 0.993. The van der Waals surface area contributed by atoms with Crippen LogP contribution in [0.4, 0.5) is 0 Å². The van der Waals surface area contributed by atoms with Gasteiger partial charge in [0.1, 0.15) is 0 Å². The lowest BCUT2D eigenvalue weighted by atomic mass is 9.65. The first-order valence-electron chi connectivity index (χ1n) is 50.7. The van der Waals surface area contributed by atoms with Gasteiger partial charge >= 0.3 is 0 Å². The van der Waals surface area contributed by atoms with E-state index in [2.05, 4.69) is 545 Å². The lowest BCUT2D eigenvalue weighted by Gasteiger charge is -2.36. The molecule has 17 aromatic rings. The molecule has 0 amide bonds. The van der Waals surface area contributed by atoms with Crippen LogP contribution in [0.1, 0.15) is 263 Å². The molecule has 0 atom stereocenters. The smallest absolute Gasteiger partial charge is 0.0619 e. The number of hydrogen-bond acceptors (Lipinski definition) is 0. The lowest BCUT2D eigenvalue weighted by molar-refractivity contribution is 0.590. The molecule has 0 radical (unpaired) electrons. The minimum atomic E-state index is -1.07. The molecular formula is C139H140. The normalized spacial score (nSPS) is 13.7. The highest BCUT2D eigenvalue weighted by Gasteiger charge is 2.51. The number of hydrogen-bond donors (Lipinski definition) is 0. The molecule has 0 aliphatic heterocycles. The van der Waals surface area contributed by atoms with Gasteiger partial charge < -0.3 is 0 Å². The lowest BCUT2D eigenvalue weighted by Crippen LogP contribution is -2.29. The van der Waals surface area contributed by atoms with Gasteiger partial charge in [0.05, 0.1) is 5.41 Å². The monoisotopic (exact) mass is 1810 g/mol. The van der Waals surface area contributed by atoms with Crippen LogP contribution in [0.3, 0.4) is 0 Å². The summed E-state index contributed by atoms with van der Waals surface area (Å²) < 4.78 is 0. The van der Waals surface area contributed by atoms with Crippen molar-refractivity contribution in [3.8, 4) is 156 Å². The van der Waals surface area contributed by atoms with E-state index in [4.69, 9.17) is 0 Å². The Morgan fingerprint density at radius 1 is 0.151 bits per heavy atom. The SMILES string of the molecule is Cc1ccc2c(c1)-c1c(ccc3c1-c1ccccc1C3(C)C)C2(c1cc(-c2cc(-c3ccc(C(C)(C)C)cc3)cc(-c3ccc(C(C)(C)C)cc3)c2)cc(-c2cc(-c3ccc(C(C)(C)C)cc3)cc(-c3ccc(C(C)(C)C)cc3)c2)c1)c1cc(-c2cc(-c3ccc(C(C)(C)C)cc3)cc(-c3ccc(C(C)(C)C)cc3)c2)cc(-c2cc(-c3ccc(C(C)(C)C)cc3)cc(-c3ccc(C(C)(C)C)cc3)c2)c1. The van der Waals surface area contributed by atoms with Crippen molar-refractivity contribution in [2.75, 3.05) is 0 Å². The minimum absolute atomic E-state index is 0.0399. The van der Waals surface area contributed by atoms with Crippen molar-refractivity contribution < 1.29 is 0 Å². The largest absolute Gasteiger partial charge is 0.0714 e. The van der Waals surface area contributed by atoms with Gasteiger partial charge in [-0.25, -0.2) is 0 Å². The van der Waals surface area contributed by atoms with Crippen molar-refractivity contribution >= 4 is 0 Å². The molecule has 17 aromatic carbocycles. The fraction of sp³-hybridized carbons (Fsp3) is 0.266. The molecule has 0 fully saturated rings. The van der Waals surface area contributed by atoms with Crippen LogP contribution in [-0.2, 0) is 54.1 Å². The molecule has 0 unspecified atom stereocenters. The summed E-state index contributed by atoms with van der Waals surface area (Å²) in [6.45, 7) is 62.9. The van der Waals surface area contributed by atoms with Crippen LogP contribution in [0.2, 0.25) is 0 Å². The summed E-state index contributed by atoms with van der Waals surface area (Å²) in [7, 11) is 0. The summed E-state index contributed by atoms with van der Waals surface area (Å²) in [5, 5.41) is 0. The maximum Gasteiger partial charge on any atom is 0.0714 e. The Morgan fingerprint density at radius 3 is 0.547 bits per heavy atom. The van der Waals surface area contributed by atoms with Gasteiger partial charge in [-0.3, -0.25) is 0 Å². The third kappa shape index (κ3) is 18.4. The molecule has 2 aliphatic rings. The summed E-state index contributed by atoms with van der Waals surface area (Å²) >= 11 is 0. The zero-order chi connectivity index (χ0) is 98.5. The molecule has 0 bridgehead atoms. The first-order valence-corrected chi connectivity index (χ1v) is 50.7. The zero-order valence-corrected chi connectivity index (χ0v) is 87.6. The van der Waals surface area contributed by atoms with Crippen LogP contribution in [0.5, 0.6) is 0 Å². The van der Waals surface area contributed by atoms with E-state index < -0.39 is 5.41 Å². The third-order valence-electron chi connectivity index (χ3n) is 30.5. The number of rotatable bonds is 14. The van der Waals surface area contributed by atoms with Crippen LogP contribution in [-0.4, -0.2) is 0 Å². The van der Waals surface area contributed by atoms with Crippen molar-refractivity contribution in [3.63, 3.8) is 0 Å². The van der Waals surface area contributed by atoms with E-state index in [-0.39, 0.29) is 48.7 Å². The summed E-state index contributed by atoms with van der Waals surface area (Å²) in [6.07, 6.45) is 0. The topological polar surface area (TPSA) is 0 Å². The van der Waals surface area contributed by atoms with Gasteiger partial charge in [0, 0.05) is 5.41 Å². The highest BCUT2D eigenvalue weighted by atomic mass is 14.5. The fourth-order valence-electron chi connectivity index (χ4n) is 21.7. The second-order valence-electron chi connectivity index (χ2n) is 49.3. The van der Waals surface area contributed by atoms with Gasteiger partial charge in [-0.1, -0.05) is 434 Å². The van der Waals surface area contributed by atoms with E-state index in [1.165, 1.54) is 150 Å². The van der Waals surface area contributed by atoms with Gasteiger partial charge in [-0.15, -0.1) is 0 Å². The molecule has 0 saturated heterocycles. The molecule has 0 heteroatoms. The predicted molar refractivity (Wildman–Crippen MR) is 601 cm³/mol. The minimum Gasteiger partial charge on any atom is -0.0619 e. The van der Waals surface area contributed by atoms with Crippen molar-refractivity contribution in [1.29, 1.82) is 0 Å². The third-order valence-corrected chi connectivity index (χ3v) is 30.5. The highest BCUT2D eigenvalue weighted by Crippen LogP contribution is 2.64. The van der Waals surface area contributed by atoms with Crippen LogP contribution in [0.15, 0.2) is 358 Å². The quantitative estimate of drug-likeness (QED) is 0.102. The van der Waals surface area contributed by atoms with E-state index in [0.717, 1.165) is 89.0 Å². The molecule has 0 aromatic heterocycles.